The van der Waals surface area contributed by atoms with Crippen LogP contribution < -0.4 is 15.0 Å². The van der Waals surface area contributed by atoms with Gasteiger partial charge in [0.15, 0.2) is 6.10 Å². The van der Waals surface area contributed by atoms with Gasteiger partial charge in [-0.1, -0.05) is 12.1 Å². The van der Waals surface area contributed by atoms with Crippen LogP contribution in [0.25, 0.3) is 11.3 Å². The average Bonchev–Trinajstić information content (AvgIpc) is 3.20. The Morgan fingerprint density at radius 1 is 1.24 bits per heavy atom. The molecule has 0 radical (unpaired) electrons. The topological polar surface area (TPSA) is 71.5 Å². The zero-order valence-electron chi connectivity index (χ0n) is 17.9. The molecule has 0 aliphatic carbocycles. The molecule has 0 saturated heterocycles. The summed E-state index contributed by atoms with van der Waals surface area (Å²) in [6.45, 7) is 4.89. The highest BCUT2D eigenvalue weighted by Gasteiger charge is 2.39. The average molecular weight is 475 g/mol. The second-order valence-electron chi connectivity index (χ2n) is 7.61. The number of anilines is 2. The molecule has 2 amide bonds. The quantitative estimate of drug-likeness (QED) is 0.558. The van der Waals surface area contributed by atoms with Gasteiger partial charge in [-0.3, -0.25) is 14.5 Å². The van der Waals surface area contributed by atoms with Crippen molar-refractivity contribution >= 4 is 34.5 Å². The Kier molecular flexibility index (Phi) is 5.87. The monoisotopic (exact) mass is 475 g/mol. The third-order valence-corrected chi connectivity index (χ3v) is 6.05. The smallest absolute Gasteiger partial charge is 0.418 e. The van der Waals surface area contributed by atoms with Crippen LogP contribution in [0.15, 0.2) is 47.8 Å². The van der Waals surface area contributed by atoms with Crippen molar-refractivity contribution in [1.29, 1.82) is 0 Å². The summed E-state index contributed by atoms with van der Waals surface area (Å²) in [7, 11) is 0. The standard InChI is InChI=1S/C23H20F3N3O3S/c1-12(21(30)28-17-7-5-4-6-16(17)23(24,25)26)29-19-10-15(18-11-33-14(3)27-18)8-9-20(19)32-13(2)22(29)31/h4-13H,1-3H3,(H,28,30). The lowest BCUT2D eigenvalue weighted by molar-refractivity contribution is -0.137. The van der Waals surface area contributed by atoms with E-state index in [-0.39, 0.29) is 5.69 Å². The molecule has 1 aliphatic rings. The first-order valence-corrected chi connectivity index (χ1v) is 11.0. The van der Waals surface area contributed by atoms with E-state index >= 15 is 0 Å². The molecular formula is C23H20F3N3O3S. The van der Waals surface area contributed by atoms with Crippen LogP contribution in [-0.2, 0) is 15.8 Å². The number of halogens is 3. The van der Waals surface area contributed by atoms with Gasteiger partial charge < -0.3 is 10.1 Å². The van der Waals surface area contributed by atoms with Crippen LogP contribution in [-0.4, -0.2) is 28.9 Å². The Hall–Kier alpha value is -3.40. The van der Waals surface area contributed by atoms with Crippen molar-refractivity contribution in [2.75, 3.05) is 10.2 Å². The first kappa shape index (κ1) is 22.8. The maximum absolute atomic E-state index is 13.3. The van der Waals surface area contributed by atoms with Crippen molar-refractivity contribution in [3.05, 3.63) is 58.4 Å². The van der Waals surface area contributed by atoms with Crippen LogP contribution in [0, 0.1) is 6.92 Å². The Bertz CT molecular complexity index is 1220. The first-order chi connectivity index (χ1) is 15.6. The number of benzene rings is 2. The van der Waals surface area contributed by atoms with Crippen LogP contribution in [0.3, 0.4) is 0 Å². The first-order valence-electron chi connectivity index (χ1n) is 10.1. The number of fused-ring (bicyclic) bond motifs is 1. The van der Waals surface area contributed by atoms with E-state index in [4.69, 9.17) is 4.74 Å². The number of rotatable bonds is 4. The summed E-state index contributed by atoms with van der Waals surface area (Å²) in [5.41, 5.74) is 0.455. The lowest BCUT2D eigenvalue weighted by Gasteiger charge is -2.36. The molecular weight excluding hydrogens is 455 g/mol. The van der Waals surface area contributed by atoms with E-state index in [1.54, 1.807) is 25.1 Å². The molecule has 33 heavy (non-hydrogen) atoms. The maximum Gasteiger partial charge on any atom is 0.418 e. The highest BCUT2D eigenvalue weighted by Crippen LogP contribution is 2.39. The van der Waals surface area contributed by atoms with E-state index in [2.05, 4.69) is 10.3 Å². The molecule has 0 bridgehead atoms. The number of carbonyl (C=O) groups is 2. The van der Waals surface area contributed by atoms with Gasteiger partial charge in [-0.2, -0.15) is 13.2 Å². The van der Waals surface area contributed by atoms with Crippen LogP contribution in [0.4, 0.5) is 24.5 Å². The number of amides is 2. The SMILES string of the molecule is Cc1nc(-c2ccc3c(c2)N(C(C)C(=O)Nc2ccccc2C(F)(F)F)C(=O)C(C)O3)cs1. The highest BCUT2D eigenvalue weighted by atomic mass is 32.1. The number of thiazole rings is 1. The van der Waals surface area contributed by atoms with Gasteiger partial charge in [-0.15, -0.1) is 11.3 Å². The van der Waals surface area contributed by atoms with E-state index in [0.717, 1.165) is 16.6 Å². The fourth-order valence-corrected chi connectivity index (χ4v) is 4.23. The molecule has 2 unspecified atom stereocenters. The molecule has 172 valence electrons. The predicted molar refractivity (Wildman–Crippen MR) is 119 cm³/mol. The van der Waals surface area contributed by atoms with E-state index < -0.39 is 35.7 Å². The van der Waals surface area contributed by atoms with Crippen LogP contribution in [0.5, 0.6) is 5.75 Å². The molecule has 0 spiro atoms. The van der Waals surface area contributed by atoms with Gasteiger partial charge >= 0.3 is 6.18 Å². The second-order valence-corrected chi connectivity index (χ2v) is 8.67. The lowest BCUT2D eigenvalue weighted by atomic mass is 10.1. The minimum Gasteiger partial charge on any atom is -0.479 e. The summed E-state index contributed by atoms with van der Waals surface area (Å²) in [6, 6.07) is 8.80. The molecule has 10 heteroatoms. The highest BCUT2D eigenvalue weighted by molar-refractivity contribution is 7.09. The summed E-state index contributed by atoms with van der Waals surface area (Å²) in [5.74, 6) is -0.830. The van der Waals surface area contributed by atoms with Gasteiger partial charge in [0.2, 0.25) is 5.91 Å². The summed E-state index contributed by atoms with van der Waals surface area (Å²) >= 11 is 1.48. The third kappa shape index (κ3) is 4.43. The van der Waals surface area contributed by atoms with Crippen molar-refractivity contribution in [1.82, 2.24) is 4.98 Å². The molecule has 3 aromatic rings. The summed E-state index contributed by atoms with van der Waals surface area (Å²) in [6.07, 6.45) is -5.49. The molecule has 1 aliphatic heterocycles. The van der Waals surface area contributed by atoms with E-state index in [0.29, 0.717) is 17.1 Å². The minimum absolute atomic E-state index is 0.355. The van der Waals surface area contributed by atoms with E-state index in [9.17, 15) is 22.8 Å². The Balaban J connectivity index is 1.68. The Morgan fingerprint density at radius 3 is 2.64 bits per heavy atom. The minimum atomic E-state index is -4.64. The van der Waals surface area contributed by atoms with Crippen LogP contribution in [0.1, 0.15) is 24.4 Å². The van der Waals surface area contributed by atoms with E-state index in [1.165, 1.54) is 41.4 Å². The molecule has 2 atom stereocenters. The molecule has 0 saturated carbocycles. The number of alkyl halides is 3. The number of hydrogen-bond acceptors (Lipinski definition) is 5. The molecule has 0 fully saturated rings. The fraction of sp³-hybridized carbons (Fsp3) is 0.261. The summed E-state index contributed by atoms with van der Waals surface area (Å²) < 4.78 is 45.7. The molecule has 1 N–H and O–H groups in total. The normalized spacial score (nSPS) is 16.7. The third-order valence-electron chi connectivity index (χ3n) is 5.28. The van der Waals surface area contributed by atoms with Crippen molar-refractivity contribution in [3.8, 4) is 17.0 Å². The van der Waals surface area contributed by atoms with Gasteiger partial charge in [0.05, 0.1) is 27.6 Å². The Labute approximate surface area is 192 Å². The van der Waals surface area contributed by atoms with Crippen LogP contribution in [0.2, 0.25) is 0 Å². The zero-order valence-corrected chi connectivity index (χ0v) is 18.8. The number of ether oxygens (including phenoxy) is 1. The number of aryl methyl sites for hydroxylation is 1. The van der Waals surface area contributed by atoms with Gasteiger partial charge in [-0.25, -0.2) is 4.98 Å². The fourth-order valence-electron chi connectivity index (χ4n) is 3.61. The van der Waals surface area contributed by atoms with Gasteiger partial charge in [0.1, 0.15) is 11.8 Å². The van der Waals surface area contributed by atoms with Gasteiger partial charge in [-0.05, 0) is 51.1 Å². The van der Waals surface area contributed by atoms with E-state index in [1.807, 2.05) is 12.3 Å². The zero-order chi connectivity index (χ0) is 23.9. The molecule has 2 aromatic carbocycles. The molecule has 1 aromatic heterocycles. The largest absolute Gasteiger partial charge is 0.479 e. The van der Waals surface area contributed by atoms with Gasteiger partial charge in [0.25, 0.3) is 5.91 Å². The Morgan fingerprint density at radius 2 is 1.97 bits per heavy atom. The van der Waals surface area contributed by atoms with Crippen molar-refractivity contribution in [3.63, 3.8) is 0 Å². The molecule has 6 nitrogen and oxygen atoms in total. The van der Waals surface area contributed by atoms with Gasteiger partial charge in [0, 0.05) is 10.9 Å². The molecule has 4 rings (SSSR count). The predicted octanol–water partition coefficient (Wildman–Crippen LogP) is 5.28. The number of hydrogen-bond donors (Lipinski definition) is 1. The maximum atomic E-state index is 13.3. The van der Waals surface area contributed by atoms with Crippen molar-refractivity contribution < 1.29 is 27.5 Å². The number of nitrogens with zero attached hydrogens (tertiary/aromatic N) is 2. The van der Waals surface area contributed by atoms with Crippen molar-refractivity contribution in [2.45, 2.75) is 39.1 Å². The lowest BCUT2D eigenvalue weighted by Crippen LogP contribution is -2.52. The number of carbonyl (C=O) groups excluding carboxylic acids is 2. The second kappa shape index (κ2) is 8.51. The number of para-hydroxylation sites is 1. The molecule has 2 heterocycles. The number of nitrogens with one attached hydrogen (secondary N) is 1. The number of aromatic nitrogens is 1. The van der Waals surface area contributed by atoms with Crippen LogP contribution >= 0.6 is 11.3 Å². The summed E-state index contributed by atoms with van der Waals surface area (Å²) in [5, 5.41) is 5.07. The summed E-state index contributed by atoms with van der Waals surface area (Å²) in [4.78, 5) is 31.7. The van der Waals surface area contributed by atoms with Crippen molar-refractivity contribution in [2.24, 2.45) is 0 Å².